The summed E-state index contributed by atoms with van der Waals surface area (Å²) in [5.74, 6) is 1.00. The van der Waals surface area contributed by atoms with Crippen LogP contribution in [0, 0.1) is 0 Å². The molecule has 0 bridgehead atoms. The van der Waals surface area contributed by atoms with Gasteiger partial charge < -0.3 is 10.2 Å². The number of rotatable bonds is 3. The fraction of sp³-hybridized carbons (Fsp3) is 0.467. The molecule has 2 aliphatic heterocycles. The van der Waals surface area contributed by atoms with Crippen LogP contribution in [0.1, 0.15) is 12.0 Å². The van der Waals surface area contributed by atoms with Gasteiger partial charge in [-0.15, -0.1) is 23.5 Å². The molecule has 7 heteroatoms. The van der Waals surface area contributed by atoms with E-state index in [1.807, 2.05) is 24.1 Å². The van der Waals surface area contributed by atoms with Crippen molar-refractivity contribution in [3.05, 3.63) is 29.8 Å². The highest BCUT2D eigenvalue weighted by Gasteiger charge is 2.40. The van der Waals surface area contributed by atoms with Gasteiger partial charge in [0.1, 0.15) is 16.8 Å². The second-order valence-corrected chi connectivity index (χ2v) is 7.63. The minimum atomic E-state index is -0.771. The van der Waals surface area contributed by atoms with E-state index in [1.165, 1.54) is 0 Å². The molecule has 3 rings (SSSR count). The Morgan fingerprint density at radius 2 is 2.18 bits per heavy atom. The summed E-state index contributed by atoms with van der Waals surface area (Å²) in [5.41, 5.74) is 0.762. The maximum atomic E-state index is 11.2. The van der Waals surface area contributed by atoms with Crippen LogP contribution in [0.2, 0.25) is 0 Å². The lowest BCUT2D eigenvalue weighted by Gasteiger charge is -2.30. The van der Waals surface area contributed by atoms with Gasteiger partial charge in [-0.3, -0.25) is 14.7 Å². The van der Waals surface area contributed by atoms with E-state index >= 15 is 0 Å². The molecule has 1 aromatic rings. The van der Waals surface area contributed by atoms with Crippen LogP contribution < -0.4 is 0 Å². The number of hydrogen-bond acceptors (Lipinski definition) is 6. The number of phenolic OH excluding ortho intramolecular Hbond substituents is 1. The number of para-hydroxylation sites is 1. The molecule has 2 N–H and O–H groups in total. The summed E-state index contributed by atoms with van der Waals surface area (Å²) >= 11 is 3.31. The Hall–Kier alpha value is -1.18. The van der Waals surface area contributed by atoms with E-state index < -0.39 is 12.0 Å². The van der Waals surface area contributed by atoms with Crippen molar-refractivity contribution >= 4 is 34.5 Å². The molecule has 0 aromatic heterocycles. The Kier molecular flexibility index (Phi) is 4.65. The number of benzene rings is 1. The Bertz CT molecular complexity index is 608. The van der Waals surface area contributed by atoms with Crippen molar-refractivity contribution in [2.75, 3.05) is 18.6 Å². The van der Waals surface area contributed by atoms with Gasteiger partial charge in [-0.05, 0) is 25.6 Å². The number of carbonyl (C=O) groups is 1. The standard InChI is InChI=1S/C15H18N2O3S2/c1-17-11(15(19)20)8-22-14(17)10-6-7-21-13(16-10)9-4-2-3-5-12(9)18/h2-5,10-11,14,18H,6-8H2,1H3,(H,19,20)/t10?,11-,14+/m1/s1. The van der Waals surface area contributed by atoms with Gasteiger partial charge in [0.15, 0.2) is 0 Å². The van der Waals surface area contributed by atoms with Crippen LogP contribution in [0.5, 0.6) is 5.75 Å². The van der Waals surface area contributed by atoms with Crippen molar-refractivity contribution < 1.29 is 15.0 Å². The van der Waals surface area contributed by atoms with Gasteiger partial charge in [-0.25, -0.2) is 0 Å². The molecule has 0 spiro atoms. The normalized spacial score (nSPS) is 29.3. The van der Waals surface area contributed by atoms with E-state index in [4.69, 9.17) is 4.99 Å². The predicted molar refractivity (Wildman–Crippen MR) is 90.9 cm³/mol. The fourth-order valence-electron chi connectivity index (χ4n) is 2.77. The van der Waals surface area contributed by atoms with Crippen LogP contribution in [-0.4, -0.2) is 62.1 Å². The monoisotopic (exact) mass is 338 g/mol. The summed E-state index contributed by atoms with van der Waals surface area (Å²) in [7, 11) is 1.86. The molecule has 1 aromatic carbocycles. The van der Waals surface area contributed by atoms with E-state index in [-0.39, 0.29) is 17.2 Å². The van der Waals surface area contributed by atoms with Gasteiger partial charge in [0.05, 0.1) is 11.4 Å². The van der Waals surface area contributed by atoms with Gasteiger partial charge in [-0.1, -0.05) is 12.1 Å². The number of carboxylic acids is 1. The highest BCUT2D eigenvalue weighted by molar-refractivity contribution is 8.14. The van der Waals surface area contributed by atoms with Crippen LogP contribution in [-0.2, 0) is 4.79 Å². The molecule has 2 aliphatic rings. The average molecular weight is 338 g/mol. The van der Waals surface area contributed by atoms with Gasteiger partial charge in [0.2, 0.25) is 0 Å². The fourth-order valence-corrected chi connectivity index (χ4v) is 5.42. The molecule has 118 valence electrons. The van der Waals surface area contributed by atoms with Crippen molar-refractivity contribution in [2.24, 2.45) is 4.99 Å². The molecule has 0 radical (unpaired) electrons. The first-order valence-electron chi connectivity index (χ1n) is 7.13. The zero-order valence-electron chi connectivity index (χ0n) is 12.2. The maximum Gasteiger partial charge on any atom is 0.321 e. The molecular formula is C15H18N2O3S2. The highest BCUT2D eigenvalue weighted by Crippen LogP contribution is 2.36. The molecular weight excluding hydrogens is 320 g/mol. The van der Waals surface area contributed by atoms with Crippen molar-refractivity contribution in [3.8, 4) is 5.75 Å². The van der Waals surface area contributed by atoms with E-state index in [1.54, 1.807) is 35.7 Å². The van der Waals surface area contributed by atoms with Gasteiger partial charge in [-0.2, -0.15) is 0 Å². The number of carboxylic acid groups (broad SMARTS) is 1. The third-order valence-corrected chi connectivity index (χ3v) is 6.54. The summed E-state index contributed by atoms with van der Waals surface area (Å²) in [6.45, 7) is 0. The number of hydrogen-bond donors (Lipinski definition) is 2. The Balaban J connectivity index is 1.82. The number of thioether (sulfide) groups is 2. The second kappa shape index (κ2) is 6.52. The third kappa shape index (κ3) is 2.98. The molecule has 3 atom stereocenters. The maximum absolute atomic E-state index is 11.2. The molecule has 22 heavy (non-hydrogen) atoms. The second-order valence-electron chi connectivity index (χ2n) is 5.40. The first-order chi connectivity index (χ1) is 10.6. The molecule has 1 saturated heterocycles. The summed E-state index contributed by atoms with van der Waals surface area (Å²) in [5, 5.41) is 20.2. The number of likely N-dealkylation sites (N-methyl/N-ethyl adjacent to an activating group) is 1. The smallest absolute Gasteiger partial charge is 0.321 e. The summed E-state index contributed by atoms with van der Waals surface area (Å²) in [4.78, 5) is 18.0. The summed E-state index contributed by atoms with van der Waals surface area (Å²) < 4.78 is 0. The molecule has 0 aliphatic carbocycles. The lowest BCUT2D eigenvalue weighted by Crippen LogP contribution is -2.43. The topological polar surface area (TPSA) is 73.1 Å². The molecule has 1 unspecified atom stereocenters. The van der Waals surface area contributed by atoms with E-state index in [0.717, 1.165) is 22.8 Å². The average Bonchev–Trinajstić information content (AvgIpc) is 2.90. The Morgan fingerprint density at radius 1 is 1.41 bits per heavy atom. The number of aliphatic imine (C=N–C) groups is 1. The molecule has 0 amide bonds. The minimum absolute atomic E-state index is 0.0650. The van der Waals surface area contributed by atoms with E-state index in [2.05, 4.69) is 0 Å². The van der Waals surface area contributed by atoms with Crippen molar-refractivity contribution in [3.63, 3.8) is 0 Å². The third-order valence-electron chi connectivity index (χ3n) is 4.00. The summed E-state index contributed by atoms with van der Waals surface area (Å²) in [6.07, 6.45) is 0.927. The molecule has 1 fully saturated rings. The number of phenols is 1. The Labute approximate surface area is 137 Å². The number of aliphatic carboxylic acids is 1. The van der Waals surface area contributed by atoms with Crippen molar-refractivity contribution in [2.45, 2.75) is 23.9 Å². The lowest BCUT2D eigenvalue weighted by atomic mass is 10.1. The Morgan fingerprint density at radius 3 is 2.86 bits per heavy atom. The molecule has 2 heterocycles. The SMILES string of the molecule is CN1[C@@H](C(=O)O)CS[C@H]1C1CCSC(c2ccccc2O)=N1. The highest BCUT2D eigenvalue weighted by atomic mass is 32.2. The van der Waals surface area contributed by atoms with E-state index in [0.29, 0.717) is 5.75 Å². The van der Waals surface area contributed by atoms with Crippen molar-refractivity contribution in [1.29, 1.82) is 0 Å². The number of nitrogens with zero attached hydrogens (tertiary/aromatic N) is 2. The summed E-state index contributed by atoms with van der Waals surface area (Å²) in [6, 6.07) is 6.85. The van der Waals surface area contributed by atoms with Crippen LogP contribution in [0.4, 0.5) is 0 Å². The van der Waals surface area contributed by atoms with Crippen LogP contribution in [0.15, 0.2) is 29.3 Å². The first kappa shape index (κ1) is 15.7. The quantitative estimate of drug-likeness (QED) is 0.879. The van der Waals surface area contributed by atoms with E-state index in [9.17, 15) is 15.0 Å². The van der Waals surface area contributed by atoms with Crippen LogP contribution >= 0.6 is 23.5 Å². The lowest BCUT2D eigenvalue weighted by molar-refractivity contribution is -0.141. The number of aromatic hydroxyl groups is 1. The first-order valence-corrected chi connectivity index (χ1v) is 9.16. The zero-order valence-corrected chi connectivity index (χ0v) is 13.8. The van der Waals surface area contributed by atoms with Crippen LogP contribution in [0.25, 0.3) is 0 Å². The van der Waals surface area contributed by atoms with Crippen molar-refractivity contribution in [1.82, 2.24) is 4.90 Å². The molecule has 0 saturated carbocycles. The largest absolute Gasteiger partial charge is 0.507 e. The predicted octanol–water partition coefficient (Wildman–Crippen LogP) is 2.10. The van der Waals surface area contributed by atoms with Gasteiger partial charge in [0, 0.05) is 17.1 Å². The zero-order chi connectivity index (χ0) is 15.7. The minimum Gasteiger partial charge on any atom is -0.507 e. The van der Waals surface area contributed by atoms with Gasteiger partial charge >= 0.3 is 5.97 Å². The molecule has 5 nitrogen and oxygen atoms in total. The van der Waals surface area contributed by atoms with Gasteiger partial charge in [0.25, 0.3) is 0 Å². The van der Waals surface area contributed by atoms with Crippen LogP contribution in [0.3, 0.4) is 0 Å².